The molecule has 1 aliphatic carbocycles. The smallest absolute Gasteiger partial charge is 0.132 e. The standard InChI is InChI=1S/C23H35NO3.ClH/c1-15-11-19(26-14-22(3,4)24-13-16(2)25)21-17-9-7-8-10-18(17)23(5,6)27-20(21)12-15;/h11-12,16,24-25H,7-10,13-14H2,1-6H3;1H. The lowest BCUT2D eigenvalue weighted by Crippen LogP contribution is -2.47. The predicted octanol–water partition coefficient (Wildman–Crippen LogP) is 5.04. The van der Waals surface area contributed by atoms with Crippen LogP contribution in [-0.4, -0.2) is 35.5 Å². The van der Waals surface area contributed by atoms with E-state index in [-0.39, 0.29) is 29.7 Å². The van der Waals surface area contributed by atoms with Crippen molar-refractivity contribution in [3.63, 3.8) is 0 Å². The van der Waals surface area contributed by atoms with Crippen molar-refractivity contribution in [2.24, 2.45) is 0 Å². The molecule has 1 aromatic rings. The molecule has 1 aliphatic heterocycles. The molecule has 28 heavy (non-hydrogen) atoms. The first-order valence-electron chi connectivity index (χ1n) is 10.2. The lowest BCUT2D eigenvalue weighted by atomic mass is 9.77. The average Bonchev–Trinajstić information content (AvgIpc) is 2.57. The fourth-order valence-corrected chi connectivity index (χ4v) is 4.13. The number of hydrogen-bond donors (Lipinski definition) is 2. The maximum Gasteiger partial charge on any atom is 0.132 e. The number of β-amino-alcohol motifs (C(OH)–C–C–N with tert-alkyl or cyclic N) is 1. The Morgan fingerprint density at radius 2 is 1.93 bits per heavy atom. The quantitative estimate of drug-likeness (QED) is 0.690. The minimum atomic E-state index is -0.374. The fourth-order valence-electron chi connectivity index (χ4n) is 4.13. The Hall–Kier alpha value is -1.23. The second kappa shape index (κ2) is 8.64. The Morgan fingerprint density at radius 1 is 1.25 bits per heavy atom. The summed E-state index contributed by atoms with van der Waals surface area (Å²) in [6.45, 7) is 13.5. The van der Waals surface area contributed by atoms with Gasteiger partial charge < -0.3 is 19.9 Å². The average molecular weight is 410 g/mol. The van der Waals surface area contributed by atoms with Crippen LogP contribution in [0.4, 0.5) is 0 Å². The van der Waals surface area contributed by atoms with E-state index in [0.717, 1.165) is 35.5 Å². The summed E-state index contributed by atoms with van der Waals surface area (Å²) < 4.78 is 12.8. The van der Waals surface area contributed by atoms with E-state index in [2.05, 4.69) is 52.1 Å². The first kappa shape index (κ1) is 23.1. The van der Waals surface area contributed by atoms with Gasteiger partial charge in [0.2, 0.25) is 0 Å². The number of aryl methyl sites for hydroxylation is 1. The van der Waals surface area contributed by atoms with Crippen LogP contribution in [0.5, 0.6) is 11.5 Å². The van der Waals surface area contributed by atoms with E-state index in [0.29, 0.717) is 13.2 Å². The van der Waals surface area contributed by atoms with Crippen LogP contribution in [0.2, 0.25) is 0 Å². The van der Waals surface area contributed by atoms with Gasteiger partial charge in [-0.15, -0.1) is 12.4 Å². The van der Waals surface area contributed by atoms with E-state index < -0.39 is 0 Å². The summed E-state index contributed by atoms with van der Waals surface area (Å²) in [4.78, 5) is 0. The van der Waals surface area contributed by atoms with E-state index in [1.54, 1.807) is 6.92 Å². The molecule has 0 saturated carbocycles. The zero-order chi connectivity index (χ0) is 19.8. The highest BCUT2D eigenvalue weighted by atomic mass is 35.5. The third kappa shape index (κ3) is 5.03. The van der Waals surface area contributed by atoms with Gasteiger partial charge in [0.05, 0.1) is 11.7 Å². The summed E-state index contributed by atoms with van der Waals surface area (Å²) >= 11 is 0. The van der Waals surface area contributed by atoms with Crippen molar-refractivity contribution < 1.29 is 14.6 Å². The molecule has 1 heterocycles. The van der Waals surface area contributed by atoms with Crippen molar-refractivity contribution in [2.45, 2.75) is 84.5 Å². The molecule has 2 aliphatic rings. The molecule has 3 rings (SSSR count). The lowest BCUT2D eigenvalue weighted by Gasteiger charge is -2.40. The monoisotopic (exact) mass is 409 g/mol. The number of benzene rings is 1. The normalized spacial score (nSPS) is 19.1. The number of aliphatic hydroxyl groups is 1. The molecule has 1 aromatic carbocycles. The van der Waals surface area contributed by atoms with Crippen LogP contribution in [-0.2, 0) is 0 Å². The molecule has 0 saturated heterocycles. The first-order valence-corrected chi connectivity index (χ1v) is 10.2. The zero-order valence-corrected chi connectivity index (χ0v) is 19.0. The second-order valence-corrected chi connectivity index (χ2v) is 9.32. The van der Waals surface area contributed by atoms with Crippen LogP contribution >= 0.6 is 12.4 Å². The fraction of sp³-hybridized carbons (Fsp3) is 0.652. The first-order chi connectivity index (χ1) is 12.6. The summed E-state index contributed by atoms with van der Waals surface area (Å²) in [5.41, 5.74) is 4.69. The van der Waals surface area contributed by atoms with Crippen LogP contribution in [0.3, 0.4) is 0 Å². The highest BCUT2D eigenvalue weighted by Gasteiger charge is 2.37. The Labute approximate surface area is 176 Å². The van der Waals surface area contributed by atoms with Crippen LogP contribution in [0.25, 0.3) is 5.57 Å². The van der Waals surface area contributed by atoms with Gasteiger partial charge in [-0.2, -0.15) is 0 Å². The molecule has 0 spiro atoms. The molecule has 4 nitrogen and oxygen atoms in total. The summed E-state index contributed by atoms with van der Waals surface area (Å²) in [6.07, 6.45) is 4.29. The molecular formula is C23H36ClNO3. The molecule has 2 N–H and O–H groups in total. The number of fused-ring (bicyclic) bond motifs is 2. The molecule has 158 valence electrons. The van der Waals surface area contributed by atoms with Crippen molar-refractivity contribution in [1.29, 1.82) is 0 Å². The number of aliphatic hydroxyl groups excluding tert-OH is 1. The molecule has 0 radical (unpaired) electrons. The Kier molecular flexibility index (Phi) is 7.12. The zero-order valence-electron chi connectivity index (χ0n) is 18.1. The van der Waals surface area contributed by atoms with Crippen LogP contribution in [0.1, 0.15) is 71.4 Å². The van der Waals surface area contributed by atoms with Crippen molar-refractivity contribution in [3.05, 3.63) is 28.8 Å². The number of allylic oxidation sites excluding steroid dienone is 1. The highest BCUT2D eigenvalue weighted by Crippen LogP contribution is 2.50. The summed E-state index contributed by atoms with van der Waals surface area (Å²) in [5.74, 6) is 1.87. The molecule has 1 unspecified atom stereocenters. The summed E-state index contributed by atoms with van der Waals surface area (Å²) in [5, 5.41) is 12.9. The second-order valence-electron chi connectivity index (χ2n) is 9.32. The topological polar surface area (TPSA) is 50.7 Å². The van der Waals surface area contributed by atoms with Crippen molar-refractivity contribution in [1.82, 2.24) is 5.32 Å². The Balaban J connectivity index is 0.00000280. The van der Waals surface area contributed by atoms with Crippen LogP contribution in [0.15, 0.2) is 17.7 Å². The molecule has 5 heteroatoms. The molecular weight excluding hydrogens is 374 g/mol. The minimum Gasteiger partial charge on any atom is -0.491 e. The maximum absolute atomic E-state index is 9.55. The molecule has 0 fully saturated rings. The number of ether oxygens (including phenoxy) is 2. The number of nitrogens with one attached hydrogen (secondary N) is 1. The van der Waals surface area contributed by atoms with Crippen LogP contribution in [0, 0.1) is 6.92 Å². The predicted molar refractivity (Wildman–Crippen MR) is 118 cm³/mol. The lowest BCUT2D eigenvalue weighted by molar-refractivity contribution is 0.134. The largest absolute Gasteiger partial charge is 0.491 e. The van der Waals surface area contributed by atoms with Crippen molar-refractivity contribution >= 4 is 18.0 Å². The number of rotatable bonds is 6. The van der Waals surface area contributed by atoms with Gasteiger partial charge >= 0.3 is 0 Å². The molecule has 1 atom stereocenters. The van der Waals surface area contributed by atoms with E-state index in [9.17, 15) is 5.11 Å². The number of hydrogen-bond acceptors (Lipinski definition) is 4. The van der Waals surface area contributed by atoms with Gasteiger partial charge in [0.1, 0.15) is 23.7 Å². The van der Waals surface area contributed by atoms with Gasteiger partial charge in [-0.3, -0.25) is 0 Å². The summed E-state index contributed by atoms with van der Waals surface area (Å²) in [6, 6.07) is 4.27. The van der Waals surface area contributed by atoms with Crippen molar-refractivity contribution in [2.75, 3.05) is 13.2 Å². The minimum absolute atomic E-state index is 0. The molecule has 0 amide bonds. The molecule has 0 bridgehead atoms. The number of halogens is 1. The van der Waals surface area contributed by atoms with Gasteiger partial charge in [-0.1, -0.05) is 0 Å². The van der Waals surface area contributed by atoms with E-state index in [1.807, 2.05) is 0 Å². The third-order valence-corrected chi connectivity index (χ3v) is 5.54. The highest BCUT2D eigenvalue weighted by molar-refractivity contribution is 5.85. The Morgan fingerprint density at radius 3 is 2.61 bits per heavy atom. The Bertz CT molecular complexity index is 738. The van der Waals surface area contributed by atoms with Gasteiger partial charge in [0, 0.05) is 12.1 Å². The van der Waals surface area contributed by atoms with Gasteiger partial charge in [-0.25, -0.2) is 0 Å². The van der Waals surface area contributed by atoms with Crippen molar-refractivity contribution in [3.8, 4) is 11.5 Å². The van der Waals surface area contributed by atoms with Gasteiger partial charge in [-0.05, 0) is 96.1 Å². The van der Waals surface area contributed by atoms with E-state index in [1.165, 1.54) is 24.0 Å². The maximum atomic E-state index is 9.55. The summed E-state index contributed by atoms with van der Waals surface area (Å²) in [7, 11) is 0. The third-order valence-electron chi connectivity index (χ3n) is 5.54. The van der Waals surface area contributed by atoms with Gasteiger partial charge in [0.25, 0.3) is 0 Å². The van der Waals surface area contributed by atoms with Gasteiger partial charge in [0.15, 0.2) is 0 Å². The molecule has 0 aromatic heterocycles. The van der Waals surface area contributed by atoms with E-state index >= 15 is 0 Å². The van der Waals surface area contributed by atoms with E-state index in [4.69, 9.17) is 9.47 Å². The SMILES string of the molecule is Cc1cc(OCC(C)(C)NCC(C)O)c2c(c1)OC(C)(C)C1=C2CCCC1.Cl. The van der Waals surface area contributed by atoms with Crippen LogP contribution < -0.4 is 14.8 Å².